The van der Waals surface area contributed by atoms with Crippen molar-refractivity contribution in [1.82, 2.24) is 10.2 Å². The first-order chi connectivity index (χ1) is 14.9. The fourth-order valence-corrected chi connectivity index (χ4v) is 3.47. The van der Waals surface area contributed by atoms with Crippen LogP contribution >= 0.6 is 0 Å². The molecule has 9 heteroatoms. The predicted molar refractivity (Wildman–Crippen MR) is 112 cm³/mol. The lowest BCUT2D eigenvalue weighted by molar-refractivity contribution is -0.145. The Morgan fingerprint density at radius 1 is 1.16 bits per heavy atom. The number of ketones is 1. The number of hydrogen-bond donors (Lipinski definition) is 5. The van der Waals surface area contributed by atoms with Gasteiger partial charge in [0.25, 0.3) is 0 Å². The van der Waals surface area contributed by atoms with Crippen molar-refractivity contribution in [3.8, 4) is 18.1 Å². The highest BCUT2D eigenvalue weighted by Gasteiger charge is 2.40. The average Bonchev–Trinajstić information content (AvgIpc) is 2.77. The van der Waals surface area contributed by atoms with E-state index in [0.717, 1.165) is 0 Å². The molecule has 0 bridgehead atoms. The van der Waals surface area contributed by atoms with E-state index in [1.165, 1.54) is 0 Å². The normalized spacial score (nSPS) is 23.7. The Bertz CT molecular complexity index is 762. The molecule has 0 saturated carbocycles. The van der Waals surface area contributed by atoms with Gasteiger partial charge in [0.1, 0.15) is 24.6 Å². The number of amides is 1. The van der Waals surface area contributed by atoms with Crippen molar-refractivity contribution in [1.29, 1.82) is 0 Å². The molecule has 170 valence electrons. The molecule has 0 aliphatic carbocycles. The number of ether oxygens (including phenoxy) is 1. The molecule has 0 radical (unpaired) electrons. The standard InChI is InChI=1S/C22H30N2O7/c1-2-12-31-16-6-4-15(5-7-16)18(26)8-9-20(28)23-10-3-11-24-13-19(27)22(30)21(29)17(24)14-25/h1,4-7,17,19,21-22,25,27,29-30H,3,8-14H2,(H,23,28)/t17-,19+,21-,22-/m1/s1. The summed E-state index contributed by atoms with van der Waals surface area (Å²) in [7, 11) is 0. The topological polar surface area (TPSA) is 140 Å². The average molecular weight is 434 g/mol. The number of rotatable bonds is 11. The second kappa shape index (κ2) is 12.4. The number of aliphatic hydroxyl groups is 4. The van der Waals surface area contributed by atoms with Gasteiger partial charge in [-0.2, -0.15) is 0 Å². The summed E-state index contributed by atoms with van der Waals surface area (Å²) in [5, 5.41) is 41.6. The van der Waals surface area contributed by atoms with Gasteiger partial charge in [-0.3, -0.25) is 14.5 Å². The van der Waals surface area contributed by atoms with E-state index in [9.17, 15) is 30.0 Å². The molecule has 4 atom stereocenters. The number of carbonyl (C=O) groups is 2. The van der Waals surface area contributed by atoms with E-state index in [0.29, 0.717) is 30.8 Å². The Balaban J connectivity index is 1.68. The van der Waals surface area contributed by atoms with Gasteiger partial charge in [0.05, 0.1) is 18.8 Å². The van der Waals surface area contributed by atoms with Crippen LogP contribution in [0.5, 0.6) is 5.75 Å². The summed E-state index contributed by atoms with van der Waals surface area (Å²) in [6.07, 6.45) is 2.14. The van der Waals surface area contributed by atoms with Gasteiger partial charge in [-0.05, 0) is 30.7 Å². The van der Waals surface area contributed by atoms with Crippen molar-refractivity contribution < 1.29 is 34.8 Å². The summed E-state index contributed by atoms with van der Waals surface area (Å²) in [4.78, 5) is 25.9. The van der Waals surface area contributed by atoms with Gasteiger partial charge >= 0.3 is 0 Å². The second-order valence-corrected chi connectivity index (χ2v) is 7.44. The molecule has 1 aromatic rings. The molecule has 1 aromatic carbocycles. The molecule has 1 aliphatic heterocycles. The molecule has 1 amide bonds. The highest BCUT2D eigenvalue weighted by molar-refractivity contribution is 5.98. The molecule has 9 nitrogen and oxygen atoms in total. The zero-order chi connectivity index (χ0) is 22.8. The fraction of sp³-hybridized carbons (Fsp3) is 0.545. The van der Waals surface area contributed by atoms with Crippen LogP contribution in [0.2, 0.25) is 0 Å². The highest BCUT2D eigenvalue weighted by atomic mass is 16.5. The number of nitrogens with one attached hydrogen (secondary N) is 1. The SMILES string of the molecule is C#CCOc1ccc(C(=O)CCC(=O)NCCCN2C[C@H](O)[C@@H](O)[C@H](O)[C@H]2CO)cc1. The number of β-amino-alcohol motifs (C(OH)–C–C–N with tert-alkyl or cyclic N) is 1. The van der Waals surface area contributed by atoms with Crippen molar-refractivity contribution in [3.05, 3.63) is 29.8 Å². The van der Waals surface area contributed by atoms with Crippen molar-refractivity contribution in [2.45, 2.75) is 43.6 Å². The van der Waals surface area contributed by atoms with Crippen molar-refractivity contribution in [2.24, 2.45) is 0 Å². The number of piperidine rings is 1. The molecule has 31 heavy (non-hydrogen) atoms. The minimum atomic E-state index is -1.29. The first-order valence-corrected chi connectivity index (χ1v) is 10.2. The third-order valence-electron chi connectivity index (χ3n) is 5.24. The van der Waals surface area contributed by atoms with E-state index in [1.807, 2.05) is 0 Å². The van der Waals surface area contributed by atoms with E-state index >= 15 is 0 Å². The number of benzene rings is 1. The lowest BCUT2D eigenvalue weighted by Crippen LogP contribution is -2.62. The predicted octanol–water partition coefficient (Wildman–Crippen LogP) is -1.07. The van der Waals surface area contributed by atoms with E-state index in [-0.39, 0.29) is 44.3 Å². The van der Waals surface area contributed by atoms with Crippen molar-refractivity contribution in [2.75, 3.05) is 32.8 Å². The quantitative estimate of drug-likeness (QED) is 0.169. The molecule has 1 aliphatic rings. The molecule has 1 saturated heterocycles. The molecule has 1 fully saturated rings. The molecule has 2 rings (SSSR count). The zero-order valence-corrected chi connectivity index (χ0v) is 17.3. The third-order valence-corrected chi connectivity index (χ3v) is 5.24. The largest absolute Gasteiger partial charge is 0.481 e. The molecular weight excluding hydrogens is 404 g/mol. The number of terminal acetylenes is 1. The number of hydrogen-bond acceptors (Lipinski definition) is 8. The first kappa shape index (κ1) is 24.8. The van der Waals surface area contributed by atoms with Crippen LogP contribution in [0.25, 0.3) is 0 Å². The number of aliphatic hydroxyl groups excluding tert-OH is 4. The van der Waals surface area contributed by atoms with Gasteiger partial charge in [-0.25, -0.2) is 0 Å². The molecule has 5 N–H and O–H groups in total. The second-order valence-electron chi connectivity index (χ2n) is 7.44. The van der Waals surface area contributed by atoms with E-state index in [1.54, 1.807) is 29.2 Å². The molecule has 0 aromatic heterocycles. The van der Waals surface area contributed by atoms with Crippen LogP contribution in [0.4, 0.5) is 0 Å². The van der Waals surface area contributed by atoms with Gasteiger partial charge in [-0.15, -0.1) is 6.42 Å². The van der Waals surface area contributed by atoms with Crippen LogP contribution < -0.4 is 10.1 Å². The maximum absolute atomic E-state index is 12.2. The van der Waals surface area contributed by atoms with Crippen LogP contribution in [0.15, 0.2) is 24.3 Å². The molecular formula is C22H30N2O7. The molecule has 1 heterocycles. The van der Waals surface area contributed by atoms with Crippen molar-refractivity contribution >= 4 is 11.7 Å². The van der Waals surface area contributed by atoms with Crippen molar-refractivity contribution in [3.63, 3.8) is 0 Å². The van der Waals surface area contributed by atoms with Crippen LogP contribution in [0.3, 0.4) is 0 Å². The highest BCUT2D eigenvalue weighted by Crippen LogP contribution is 2.19. The maximum atomic E-state index is 12.2. The first-order valence-electron chi connectivity index (χ1n) is 10.2. The Hall–Kier alpha value is -2.48. The Labute approximate surface area is 181 Å². The molecule has 0 unspecified atom stereocenters. The van der Waals surface area contributed by atoms with Gasteiger partial charge in [-0.1, -0.05) is 5.92 Å². The number of nitrogens with zero attached hydrogens (tertiary/aromatic N) is 1. The summed E-state index contributed by atoms with van der Waals surface area (Å²) >= 11 is 0. The van der Waals surface area contributed by atoms with Crippen LogP contribution in [-0.4, -0.2) is 94.2 Å². The summed E-state index contributed by atoms with van der Waals surface area (Å²) in [6, 6.07) is 5.88. The fourth-order valence-electron chi connectivity index (χ4n) is 3.47. The minimum Gasteiger partial charge on any atom is -0.481 e. The Morgan fingerprint density at radius 3 is 2.52 bits per heavy atom. The summed E-state index contributed by atoms with van der Waals surface area (Å²) in [5.74, 6) is 2.52. The van der Waals surface area contributed by atoms with E-state index in [2.05, 4.69) is 11.2 Å². The van der Waals surface area contributed by atoms with Gasteiger partial charge in [0.15, 0.2) is 5.78 Å². The van der Waals surface area contributed by atoms with Crippen LogP contribution in [0.1, 0.15) is 29.6 Å². The maximum Gasteiger partial charge on any atom is 0.220 e. The van der Waals surface area contributed by atoms with E-state index < -0.39 is 24.4 Å². The summed E-state index contributed by atoms with van der Waals surface area (Å²) < 4.78 is 5.25. The monoisotopic (exact) mass is 434 g/mol. The van der Waals surface area contributed by atoms with E-state index in [4.69, 9.17) is 11.2 Å². The summed E-state index contributed by atoms with van der Waals surface area (Å²) in [5.41, 5.74) is 0.486. The summed E-state index contributed by atoms with van der Waals surface area (Å²) in [6.45, 7) is 0.681. The van der Waals surface area contributed by atoms with Gasteiger partial charge in [0.2, 0.25) is 5.91 Å². The van der Waals surface area contributed by atoms with Gasteiger partial charge in [0, 0.05) is 38.0 Å². The minimum absolute atomic E-state index is 0.0563. The van der Waals surface area contributed by atoms with Crippen LogP contribution in [-0.2, 0) is 4.79 Å². The lowest BCUT2D eigenvalue weighted by Gasteiger charge is -2.43. The zero-order valence-electron chi connectivity index (χ0n) is 17.3. The smallest absolute Gasteiger partial charge is 0.220 e. The third kappa shape index (κ3) is 7.31. The lowest BCUT2D eigenvalue weighted by atomic mass is 9.94. The van der Waals surface area contributed by atoms with Gasteiger partial charge < -0.3 is 30.5 Å². The van der Waals surface area contributed by atoms with Crippen LogP contribution in [0, 0.1) is 12.3 Å². The Morgan fingerprint density at radius 2 is 1.87 bits per heavy atom. The number of carbonyl (C=O) groups excluding carboxylic acids is 2. The number of likely N-dealkylation sites (tertiary alicyclic amines) is 1. The number of Topliss-reactive ketones (excluding diaryl/α,β-unsaturated/α-hetero) is 1. The molecule has 0 spiro atoms. The Kier molecular flexibility index (Phi) is 9.91.